The van der Waals surface area contributed by atoms with E-state index in [2.05, 4.69) is 77.5 Å². The van der Waals surface area contributed by atoms with Gasteiger partial charge >= 0.3 is 0 Å². The van der Waals surface area contributed by atoms with Crippen molar-refractivity contribution < 1.29 is 28.4 Å². The van der Waals surface area contributed by atoms with E-state index in [-0.39, 0.29) is 24.3 Å². The summed E-state index contributed by atoms with van der Waals surface area (Å²) < 4.78 is 27.1. The Kier molecular flexibility index (Phi) is 185. The highest BCUT2D eigenvalue weighted by Crippen LogP contribution is 1.99. The van der Waals surface area contributed by atoms with Crippen molar-refractivity contribution in [2.24, 2.45) is 5.92 Å². The average Bonchev–Trinajstić information content (AvgIpc) is 3.31. The molecular formula is C55H106B2O6. The lowest BCUT2D eigenvalue weighted by Crippen LogP contribution is -2.03. The van der Waals surface area contributed by atoms with E-state index in [1.165, 1.54) is 17.5 Å². The highest BCUT2D eigenvalue weighted by Gasteiger charge is 1.94. The Hall–Kier alpha value is -3.49. The predicted octanol–water partition coefficient (Wildman–Crippen LogP) is 15.7. The summed E-state index contributed by atoms with van der Waals surface area (Å²) in [6.07, 6.45) is 2.96. The molecule has 0 bridgehead atoms. The van der Waals surface area contributed by atoms with Crippen molar-refractivity contribution in [2.75, 3.05) is 83.3 Å². The smallest absolute Gasteiger partial charge is 0.0644 e. The fourth-order valence-corrected chi connectivity index (χ4v) is 2.48. The van der Waals surface area contributed by atoms with Gasteiger partial charge in [0.25, 0.3) is 0 Å². The second-order valence-electron chi connectivity index (χ2n) is 10.4. The molecule has 368 valence electrons. The van der Waals surface area contributed by atoms with Gasteiger partial charge in [0.1, 0.15) is 0 Å². The van der Waals surface area contributed by atoms with Crippen LogP contribution in [0.2, 0.25) is 0 Å². The van der Waals surface area contributed by atoms with E-state index in [1.807, 2.05) is 178 Å². The van der Waals surface area contributed by atoms with E-state index in [0.717, 1.165) is 25.7 Å². The summed E-state index contributed by atoms with van der Waals surface area (Å²) >= 11 is 0. The molecule has 0 fully saturated rings. The number of benzene rings is 4. The van der Waals surface area contributed by atoms with Crippen LogP contribution in [0.4, 0.5) is 0 Å². The van der Waals surface area contributed by atoms with Gasteiger partial charge in [-0.25, -0.2) is 0 Å². The number of methoxy groups -OCH3 is 4. The van der Waals surface area contributed by atoms with E-state index >= 15 is 0 Å². The summed E-state index contributed by atoms with van der Waals surface area (Å²) in [6.45, 7) is 35.3. The normalized spacial score (nSPS) is 7.52. The molecule has 4 rings (SSSR count). The maximum Gasteiger partial charge on any atom is 0.0644 e. The van der Waals surface area contributed by atoms with Crippen LogP contribution in [0, 0.1) is 19.8 Å². The zero-order valence-corrected chi connectivity index (χ0v) is 44.7. The van der Waals surface area contributed by atoms with Crippen LogP contribution in [0.5, 0.6) is 0 Å². The lowest BCUT2D eigenvalue weighted by molar-refractivity contribution is 0.115. The molecular weight excluding hydrogens is 778 g/mol. The summed E-state index contributed by atoms with van der Waals surface area (Å²) in [5.41, 5.74) is 2.64. The Balaban J connectivity index is -0.0000000397. The zero-order chi connectivity index (χ0) is 48.8. The first-order valence-electron chi connectivity index (χ1n) is 21.6. The average molecular weight is 885 g/mol. The Bertz CT molecular complexity index is 904. The first kappa shape index (κ1) is 94.2. The van der Waals surface area contributed by atoms with Crippen LogP contribution in [0.15, 0.2) is 146 Å². The van der Waals surface area contributed by atoms with Crippen LogP contribution in [-0.2, 0) is 28.4 Å². The molecule has 0 spiro atoms. The largest absolute Gasteiger partial charge is 0.388 e. The van der Waals surface area contributed by atoms with Gasteiger partial charge in [-0.15, -0.1) is 6.58 Å². The molecule has 4 aromatic rings. The van der Waals surface area contributed by atoms with Crippen molar-refractivity contribution in [2.45, 2.75) is 111 Å². The number of rotatable bonds is 7. The maximum atomic E-state index is 5.19. The molecule has 0 amide bonds. The van der Waals surface area contributed by atoms with Gasteiger partial charge in [-0.1, -0.05) is 234 Å². The first-order chi connectivity index (χ1) is 29.2. The highest BCUT2D eigenvalue weighted by atomic mass is 16.5. The molecule has 0 heterocycles. The molecule has 0 aliphatic rings. The summed E-state index contributed by atoms with van der Waals surface area (Å²) in [4.78, 5) is 0. The topological polar surface area (TPSA) is 55.4 Å². The van der Waals surface area contributed by atoms with Crippen molar-refractivity contribution in [3.05, 3.63) is 157 Å². The lowest BCUT2D eigenvalue weighted by Gasteiger charge is -2.05. The molecule has 0 aliphatic carbocycles. The quantitative estimate of drug-likeness (QED) is 0.105. The van der Waals surface area contributed by atoms with Crippen LogP contribution in [-0.4, -0.2) is 100 Å². The molecule has 6 nitrogen and oxygen atoms in total. The van der Waals surface area contributed by atoms with Crippen LogP contribution in [0.1, 0.15) is 108 Å². The number of ether oxygens (including phenoxy) is 6. The van der Waals surface area contributed by atoms with Gasteiger partial charge in [0, 0.05) is 93.5 Å². The van der Waals surface area contributed by atoms with E-state index in [4.69, 9.17) is 9.47 Å². The van der Waals surface area contributed by atoms with Crippen molar-refractivity contribution in [3.8, 4) is 0 Å². The number of aryl methyl sites for hydroxylation is 2. The maximum absolute atomic E-state index is 5.19. The fourth-order valence-electron chi connectivity index (χ4n) is 2.48. The van der Waals surface area contributed by atoms with E-state index < -0.39 is 0 Å². The minimum absolute atomic E-state index is 0. The van der Waals surface area contributed by atoms with Crippen LogP contribution >= 0.6 is 0 Å². The second-order valence-corrected chi connectivity index (χ2v) is 10.4. The van der Waals surface area contributed by atoms with Gasteiger partial charge in [0.15, 0.2) is 0 Å². The molecule has 0 N–H and O–H groups in total. The Morgan fingerprint density at radius 2 is 0.619 bits per heavy atom. The monoisotopic (exact) mass is 885 g/mol. The van der Waals surface area contributed by atoms with Crippen molar-refractivity contribution in [1.82, 2.24) is 0 Å². The molecule has 1 atom stereocenters. The molecule has 0 saturated heterocycles. The van der Waals surface area contributed by atoms with Crippen LogP contribution in [0.25, 0.3) is 0 Å². The SMILES string of the molecule is C.C=CCOCC.CC.CC.CC.CC.CCOCC(C)CC.COC.COC.COC.COC.Cc1ccccc1.Cc1ccccc1.[B].[B].c1ccccc1.c1ccccc1. The Morgan fingerprint density at radius 1 is 0.429 bits per heavy atom. The van der Waals surface area contributed by atoms with E-state index in [1.54, 1.807) is 63.0 Å². The van der Waals surface area contributed by atoms with E-state index in [0.29, 0.717) is 6.61 Å². The van der Waals surface area contributed by atoms with Gasteiger partial charge in [-0.3, -0.25) is 0 Å². The summed E-state index contributed by atoms with van der Waals surface area (Å²) in [5.74, 6) is 0.731. The zero-order valence-electron chi connectivity index (χ0n) is 44.7. The highest BCUT2D eigenvalue weighted by molar-refractivity contribution is 5.76. The molecule has 1 unspecified atom stereocenters. The third-order valence-electron chi connectivity index (χ3n) is 4.96. The lowest BCUT2D eigenvalue weighted by atomic mass is 10.1. The molecule has 0 saturated carbocycles. The van der Waals surface area contributed by atoms with Crippen LogP contribution < -0.4 is 0 Å². The van der Waals surface area contributed by atoms with Crippen molar-refractivity contribution in [1.29, 1.82) is 0 Å². The number of hydrogen-bond donors (Lipinski definition) is 0. The minimum Gasteiger partial charge on any atom is -0.388 e. The summed E-state index contributed by atoms with van der Waals surface area (Å²) in [6, 6.07) is 44.5. The molecule has 8 heteroatoms. The predicted molar refractivity (Wildman–Crippen MR) is 293 cm³/mol. The fraction of sp³-hybridized carbons (Fsp3) is 0.527. The third kappa shape index (κ3) is 166. The number of hydrogen-bond acceptors (Lipinski definition) is 6. The minimum atomic E-state index is 0. The standard InChI is InChI=1S/C7H16O.2C7H8.2C6H6.C5H10O.4C2H6O.4C2H6.CH4.2B/c1-4-7(3)6-8-5-2;2*1-7-5-3-2-4-6-7;2*1-2-4-6-5-3-1;1-3-5-6-4-2;4*1-3-2;4*1-2;;;/h7H,4-6H2,1-3H3;2*2-6H,1H3;2*1-6H;3H,1,4-5H2,2H3;4*1-2H3;4*1-2H3;1H4;;. The third-order valence-corrected chi connectivity index (χ3v) is 4.96. The Morgan fingerprint density at radius 3 is 0.730 bits per heavy atom. The van der Waals surface area contributed by atoms with Gasteiger partial charge in [-0.2, -0.15) is 0 Å². The van der Waals surface area contributed by atoms with Gasteiger partial charge < -0.3 is 28.4 Å². The Labute approximate surface area is 401 Å². The molecule has 63 heavy (non-hydrogen) atoms. The van der Waals surface area contributed by atoms with E-state index in [9.17, 15) is 0 Å². The van der Waals surface area contributed by atoms with Crippen molar-refractivity contribution >= 4 is 16.8 Å². The van der Waals surface area contributed by atoms with Gasteiger partial charge in [0.2, 0.25) is 0 Å². The first-order valence-corrected chi connectivity index (χ1v) is 21.6. The second kappa shape index (κ2) is 124. The van der Waals surface area contributed by atoms with Crippen LogP contribution in [0.3, 0.4) is 0 Å². The molecule has 6 radical (unpaired) electrons. The summed E-state index contributed by atoms with van der Waals surface area (Å²) in [5, 5.41) is 0. The molecule has 4 aromatic carbocycles. The van der Waals surface area contributed by atoms with Gasteiger partial charge in [-0.05, 0) is 33.6 Å². The molecule has 0 aromatic heterocycles. The van der Waals surface area contributed by atoms with Gasteiger partial charge in [0.05, 0.1) is 6.61 Å². The summed E-state index contributed by atoms with van der Waals surface area (Å²) in [7, 11) is 13.0. The van der Waals surface area contributed by atoms with Crippen molar-refractivity contribution in [3.63, 3.8) is 0 Å². The molecule has 0 aliphatic heterocycles.